The number of aliphatic imine (C=N–C) groups is 1. The van der Waals surface area contributed by atoms with Gasteiger partial charge in [0.25, 0.3) is 0 Å². The van der Waals surface area contributed by atoms with Gasteiger partial charge in [0, 0.05) is 63.8 Å². The quantitative estimate of drug-likeness (QED) is 0.295. The van der Waals surface area contributed by atoms with Crippen LogP contribution in [-0.2, 0) is 9.47 Å². The van der Waals surface area contributed by atoms with Crippen molar-refractivity contribution < 1.29 is 9.47 Å². The van der Waals surface area contributed by atoms with Crippen molar-refractivity contribution in [3.63, 3.8) is 0 Å². The number of hydrogen-bond donors (Lipinski definition) is 1. The summed E-state index contributed by atoms with van der Waals surface area (Å²) >= 11 is 1.97. The molecule has 0 spiro atoms. The number of benzene rings is 1. The summed E-state index contributed by atoms with van der Waals surface area (Å²) in [6, 6.07) is 10.7. The highest BCUT2D eigenvalue weighted by Crippen LogP contribution is 2.25. The molecule has 156 valence electrons. The molecule has 0 aliphatic carbocycles. The zero-order valence-electron chi connectivity index (χ0n) is 17.1. The SMILES string of the molecule is CN=C(NCCCOCC1CCOCC1)N1CCC(CSc2ccccc2)C1. The number of nitrogens with one attached hydrogen (secondary N) is 1. The molecule has 1 unspecified atom stereocenters. The van der Waals surface area contributed by atoms with E-state index in [2.05, 4.69) is 45.5 Å². The Labute approximate surface area is 174 Å². The van der Waals surface area contributed by atoms with Gasteiger partial charge in [-0.3, -0.25) is 4.99 Å². The minimum absolute atomic E-state index is 0.685. The molecule has 5 nitrogen and oxygen atoms in total. The number of nitrogens with zero attached hydrogens (tertiary/aromatic N) is 2. The van der Waals surface area contributed by atoms with Gasteiger partial charge in [-0.15, -0.1) is 11.8 Å². The van der Waals surface area contributed by atoms with Crippen LogP contribution in [0.4, 0.5) is 0 Å². The minimum Gasteiger partial charge on any atom is -0.381 e. The molecule has 0 amide bonds. The first-order valence-electron chi connectivity index (χ1n) is 10.6. The van der Waals surface area contributed by atoms with Crippen molar-refractivity contribution in [2.75, 3.05) is 58.9 Å². The third kappa shape index (κ3) is 7.30. The fourth-order valence-electron chi connectivity index (χ4n) is 3.76. The molecule has 0 saturated carbocycles. The maximum Gasteiger partial charge on any atom is 0.193 e. The predicted molar refractivity (Wildman–Crippen MR) is 117 cm³/mol. The number of rotatable bonds is 9. The predicted octanol–water partition coefficient (Wildman–Crippen LogP) is 3.51. The van der Waals surface area contributed by atoms with E-state index in [-0.39, 0.29) is 0 Å². The lowest BCUT2D eigenvalue weighted by Crippen LogP contribution is -2.40. The summed E-state index contributed by atoms with van der Waals surface area (Å²) in [5, 5.41) is 3.51. The van der Waals surface area contributed by atoms with Crippen LogP contribution in [-0.4, -0.2) is 69.7 Å². The van der Waals surface area contributed by atoms with Gasteiger partial charge in [-0.1, -0.05) is 18.2 Å². The number of guanidine groups is 1. The maximum absolute atomic E-state index is 5.85. The van der Waals surface area contributed by atoms with Gasteiger partial charge in [-0.2, -0.15) is 0 Å². The summed E-state index contributed by atoms with van der Waals surface area (Å²) < 4.78 is 11.2. The van der Waals surface area contributed by atoms with Crippen LogP contribution in [0.3, 0.4) is 0 Å². The fraction of sp³-hybridized carbons (Fsp3) is 0.682. The summed E-state index contributed by atoms with van der Waals surface area (Å²) in [5.74, 6) is 3.63. The topological polar surface area (TPSA) is 46.1 Å². The van der Waals surface area contributed by atoms with Crippen LogP contribution < -0.4 is 5.32 Å². The molecule has 2 saturated heterocycles. The van der Waals surface area contributed by atoms with E-state index in [0.29, 0.717) is 5.92 Å². The van der Waals surface area contributed by atoms with Gasteiger partial charge >= 0.3 is 0 Å². The van der Waals surface area contributed by atoms with Gasteiger partial charge in [0.05, 0.1) is 0 Å². The minimum atomic E-state index is 0.685. The molecule has 1 aromatic rings. The lowest BCUT2D eigenvalue weighted by Gasteiger charge is -2.23. The number of thioether (sulfide) groups is 1. The molecule has 2 fully saturated rings. The van der Waals surface area contributed by atoms with Gasteiger partial charge in [0.1, 0.15) is 0 Å². The van der Waals surface area contributed by atoms with Crippen LogP contribution in [0.5, 0.6) is 0 Å². The van der Waals surface area contributed by atoms with Crippen molar-refractivity contribution >= 4 is 17.7 Å². The molecule has 1 aromatic carbocycles. The molecule has 1 N–H and O–H groups in total. The van der Waals surface area contributed by atoms with Crippen molar-refractivity contribution in [3.05, 3.63) is 30.3 Å². The molecule has 2 aliphatic rings. The van der Waals surface area contributed by atoms with E-state index in [9.17, 15) is 0 Å². The molecular formula is C22H35N3O2S. The van der Waals surface area contributed by atoms with E-state index < -0.39 is 0 Å². The lowest BCUT2D eigenvalue weighted by atomic mass is 10.0. The van der Waals surface area contributed by atoms with E-state index >= 15 is 0 Å². The zero-order chi connectivity index (χ0) is 19.4. The Morgan fingerprint density at radius 3 is 2.82 bits per heavy atom. The second-order valence-electron chi connectivity index (χ2n) is 7.68. The van der Waals surface area contributed by atoms with Gasteiger partial charge in [-0.05, 0) is 49.7 Å². The smallest absolute Gasteiger partial charge is 0.193 e. The van der Waals surface area contributed by atoms with Crippen molar-refractivity contribution in [1.29, 1.82) is 0 Å². The van der Waals surface area contributed by atoms with Crippen LogP contribution in [0.25, 0.3) is 0 Å². The Hall–Kier alpha value is -1.24. The van der Waals surface area contributed by atoms with Crippen LogP contribution >= 0.6 is 11.8 Å². The second-order valence-corrected chi connectivity index (χ2v) is 8.78. The average Bonchev–Trinajstić information content (AvgIpc) is 3.22. The molecule has 2 heterocycles. The third-order valence-electron chi connectivity index (χ3n) is 5.47. The Morgan fingerprint density at radius 2 is 2.04 bits per heavy atom. The van der Waals surface area contributed by atoms with Gasteiger partial charge < -0.3 is 19.7 Å². The van der Waals surface area contributed by atoms with E-state index in [1.807, 2.05) is 18.8 Å². The molecule has 0 aromatic heterocycles. The van der Waals surface area contributed by atoms with E-state index in [1.165, 1.54) is 17.1 Å². The van der Waals surface area contributed by atoms with E-state index in [0.717, 1.165) is 77.2 Å². The first-order chi connectivity index (χ1) is 13.8. The molecule has 3 rings (SSSR count). The van der Waals surface area contributed by atoms with Crippen LogP contribution in [0.15, 0.2) is 40.2 Å². The highest BCUT2D eigenvalue weighted by Gasteiger charge is 2.24. The summed E-state index contributed by atoms with van der Waals surface area (Å²) in [7, 11) is 1.88. The number of ether oxygens (including phenoxy) is 2. The summed E-state index contributed by atoms with van der Waals surface area (Å²) in [4.78, 5) is 8.25. The summed E-state index contributed by atoms with van der Waals surface area (Å²) in [6.45, 7) is 6.60. The highest BCUT2D eigenvalue weighted by molar-refractivity contribution is 7.99. The Morgan fingerprint density at radius 1 is 1.21 bits per heavy atom. The van der Waals surface area contributed by atoms with Crippen LogP contribution in [0.2, 0.25) is 0 Å². The largest absolute Gasteiger partial charge is 0.381 e. The second kappa shape index (κ2) is 12.3. The zero-order valence-corrected chi connectivity index (χ0v) is 18.0. The third-order valence-corrected chi connectivity index (χ3v) is 6.71. The number of likely N-dealkylation sites (tertiary alicyclic amines) is 1. The molecule has 2 aliphatic heterocycles. The first kappa shape index (κ1) is 21.5. The normalized spacial score (nSPS) is 21.2. The molecule has 0 radical (unpaired) electrons. The van der Waals surface area contributed by atoms with Crippen LogP contribution in [0.1, 0.15) is 25.7 Å². The molecule has 28 heavy (non-hydrogen) atoms. The molecular weight excluding hydrogens is 370 g/mol. The Kier molecular flexibility index (Phi) is 9.47. The van der Waals surface area contributed by atoms with E-state index in [1.54, 1.807) is 0 Å². The van der Waals surface area contributed by atoms with Crippen LogP contribution in [0, 0.1) is 11.8 Å². The maximum atomic E-state index is 5.85. The monoisotopic (exact) mass is 405 g/mol. The van der Waals surface area contributed by atoms with Crippen molar-refractivity contribution in [3.8, 4) is 0 Å². The fourth-order valence-corrected chi connectivity index (χ4v) is 4.81. The van der Waals surface area contributed by atoms with Gasteiger partial charge in [0.15, 0.2) is 5.96 Å². The average molecular weight is 406 g/mol. The molecule has 0 bridgehead atoms. The Balaban J connectivity index is 1.26. The summed E-state index contributed by atoms with van der Waals surface area (Å²) in [6.07, 6.45) is 4.55. The molecule has 6 heteroatoms. The van der Waals surface area contributed by atoms with E-state index in [4.69, 9.17) is 9.47 Å². The summed E-state index contributed by atoms with van der Waals surface area (Å²) in [5.41, 5.74) is 0. The Bertz CT molecular complexity index is 578. The number of hydrogen-bond acceptors (Lipinski definition) is 4. The van der Waals surface area contributed by atoms with Crippen molar-refractivity contribution in [1.82, 2.24) is 10.2 Å². The molecule has 1 atom stereocenters. The van der Waals surface area contributed by atoms with Crippen molar-refractivity contribution in [2.45, 2.75) is 30.6 Å². The lowest BCUT2D eigenvalue weighted by molar-refractivity contribution is 0.0203. The first-order valence-corrected chi connectivity index (χ1v) is 11.6. The standard InChI is InChI=1S/C22H35N3O2S/c1-23-22(24-11-5-13-27-17-19-9-14-26-15-10-19)25-12-8-20(16-25)18-28-21-6-3-2-4-7-21/h2-4,6-7,19-20H,5,8-18H2,1H3,(H,23,24). The van der Waals surface area contributed by atoms with Crippen molar-refractivity contribution in [2.24, 2.45) is 16.8 Å². The van der Waals surface area contributed by atoms with Gasteiger partial charge in [0.2, 0.25) is 0 Å². The van der Waals surface area contributed by atoms with Gasteiger partial charge in [-0.25, -0.2) is 0 Å². The highest BCUT2D eigenvalue weighted by atomic mass is 32.2.